The Labute approximate surface area is 74.5 Å². The van der Waals surface area contributed by atoms with E-state index in [4.69, 9.17) is 0 Å². The van der Waals surface area contributed by atoms with E-state index >= 15 is 0 Å². The topological polar surface area (TPSA) is 0 Å². The van der Waals surface area contributed by atoms with Crippen molar-refractivity contribution in [3.8, 4) is 0 Å². The quantitative estimate of drug-likeness (QED) is 0.562. The van der Waals surface area contributed by atoms with Gasteiger partial charge in [-0.2, -0.15) is 0 Å². The fourth-order valence-corrected chi connectivity index (χ4v) is 1.20. The molecule has 0 nitrogen and oxygen atoms in total. The number of rotatable bonds is 0. The summed E-state index contributed by atoms with van der Waals surface area (Å²) in [5.74, 6) is 0. The Morgan fingerprint density at radius 3 is 1.10 bits per heavy atom. The zero-order valence-corrected chi connectivity index (χ0v) is 8.08. The van der Waals surface area contributed by atoms with Crippen LogP contribution < -0.4 is 0 Å². The fraction of sp³-hybridized carbons (Fsp3) is 0.333. The van der Waals surface area contributed by atoms with Gasteiger partial charge in [0.1, 0.15) is 0 Å². The second kappa shape index (κ2) is 3.85. The monoisotopic (exact) mass is 171 g/mol. The number of hydrogen-bond acceptors (Lipinski definition) is 0. The molecule has 0 heterocycles. The van der Waals surface area contributed by atoms with Gasteiger partial charge in [-0.1, -0.05) is 34.9 Å². The normalized spacial score (nSPS) is 8.70. The molecule has 0 N–H and O–H groups in total. The zero-order valence-electron chi connectivity index (χ0n) is 6.68. The molecule has 10 heavy (non-hydrogen) atoms. The number of benzene rings is 1. The minimum atomic E-state index is 0. The SMILES string of the molecule is Cc1cc(C)cc(C)c1.[V]. The Morgan fingerprint density at radius 1 is 0.700 bits per heavy atom. The van der Waals surface area contributed by atoms with Crippen LogP contribution in [0.25, 0.3) is 0 Å². The summed E-state index contributed by atoms with van der Waals surface area (Å²) in [5, 5.41) is 0. The molecule has 1 radical (unpaired) electrons. The fourth-order valence-electron chi connectivity index (χ4n) is 1.20. The second-order valence-corrected chi connectivity index (χ2v) is 2.67. The van der Waals surface area contributed by atoms with Gasteiger partial charge in [0.05, 0.1) is 0 Å². The van der Waals surface area contributed by atoms with Crippen molar-refractivity contribution in [3.05, 3.63) is 34.9 Å². The predicted molar refractivity (Wildman–Crippen MR) is 40.7 cm³/mol. The van der Waals surface area contributed by atoms with E-state index in [0.717, 1.165) is 0 Å². The summed E-state index contributed by atoms with van der Waals surface area (Å²) in [4.78, 5) is 0. The summed E-state index contributed by atoms with van der Waals surface area (Å²) in [6.07, 6.45) is 0. The van der Waals surface area contributed by atoms with E-state index in [1.54, 1.807) is 0 Å². The molecule has 0 saturated heterocycles. The standard InChI is InChI=1S/C9H12.V/c1-7-4-8(2)6-9(3)5-7;/h4-6H,1-3H3;. The molecule has 0 aliphatic rings. The Morgan fingerprint density at radius 2 is 0.900 bits per heavy atom. The van der Waals surface area contributed by atoms with Crippen LogP contribution in [0.15, 0.2) is 18.2 Å². The summed E-state index contributed by atoms with van der Waals surface area (Å²) in [6.45, 7) is 6.38. The van der Waals surface area contributed by atoms with Crippen LogP contribution in [-0.4, -0.2) is 0 Å². The summed E-state index contributed by atoms with van der Waals surface area (Å²) in [7, 11) is 0. The molecule has 0 spiro atoms. The van der Waals surface area contributed by atoms with E-state index in [1.165, 1.54) is 16.7 Å². The molecule has 1 rings (SSSR count). The van der Waals surface area contributed by atoms with Crippen molar-refractivity contribution in [2.45, 2.75) is 20.8 Å². The van der Waals surface area contributed by atoms with Gasteiger partial charge in [-0.15, -0.1) is 0 Å². The first-order valence-electron chi connectivity index (χ1n) is 3.23. The van der Waals surface area contributed by atoms with E-state index in [2.05, 4.69) is 39.0 Å². The van der Waals surface area contributed by atoms with Crippen LogP contribution >= 0.6 is 0 Å². The second-order valence-electron chi connectivity index (χ2n) is 2.67. The van der Waals surface area contributed by atoms with Gasteiger partial charge in [-0.05, 0) is 20.8 Å². The summed E-state index contributed by atoms with van der Waals surface area (Å²) < 4.78 is 0. The molecule has 0 saturated carbocycles. The molecule has 0 fully saturated rings. The molecule has 0 bridgehead atoms. The largest absolute Gasteiger partial charge is 0.0564 e. The third-order valence-corrected chi connectivity index (χ3v) is 1.37. The van der Waals surface area contributed by atoms with Crippen molar-refractivity contribution in [3.63, 3.8) is 0 Å². The summed E-state index contributed by atoms with van der Waals surface area (Å²) >= 11 is 0. The van der Waals surface area contributed by atoms with E-state index in [-0.39, 0.29) is 18.6 Å². The van der Waals surface area contributed by atoms with E-state index in [0.29, 0.717) is 0 Å². The van der Waals surface area contributed by atoms with Crippen LogP contribution in [0, 0.1) is 20.8 Å². The molecule has 0 amide bonds. The van der Waals surface area contributed by atoms with Crippen molar-refractivity contribution in [1.29, 1.82) is 0 Å². The van der Waals surface area contributed by atoms with E-state index < -0.39 is 0 Å². The van der Waals surface area contributed by atoms with Crippen molar-refractivity contribution >= 4 is 0 Å². The van der Waals surface area contributed by atoms with Gasteiger partial charge in [-0.25, -0.2) is 0 Å². The van der Waals surface area contributed by atoms with Gasteiger partial charge in [0.15, 0.2) is 0 Å². The molecule has 0 aliphatic carbocycles. The Kier molecular flexibility index (Phi) is 3.77. The van der Waals surface area contributed by atoms with E-state index in [1.807, 2.05) is 0 Å². The maximum Gasteiger partial charge on any atom is 0 e. The van der Waals surface area contributed by atoms with Gasteiger partial charge >= 0.3 is 0 Å². The van der Waals surface area contributed by atoms with Gasteiger partial charge in [0, 0.05) is 18.6 Å². The molecule has 1 aromatic carbocycles. The average Bonchev–Trinajstić information content (AvgIpc) is 1.59. The van der Waals surface area contributed by atoms with Gasteiger partial charge < -0.3 is 0 Å². The molecule has 53 valence electrons. The van der Waals surface area contributed by atoms with Crippen LogP contribution in [0.2, 0.25) is 0 Å². The van der Waals surface area contributed by atoms with Crippen LogP contribution in [0.5, 0.6) is 0 Å². The Balaban J connectivity index is 0.000000810. The molecule has 0 unspecified atom stereocenters. The minimum absolute atomic E-state index is 0. The van der Waals surface area contributed by atoms with E-state index in [9.17, 15) is 0 Å². The Hall–Kier alpha value is -0.196. The molecular formula is C9H12V. The maximum atomic E-state index is 2.19. The van der Waals surface area contributed by atoms with Crippen LogP contribution in [0.3, 0.4) is 0 Å². The molecule has 0 aromatic heterocycles. The number of hydrogen-bond donors (Lipinski definition) is 0. The summed E-state index contributed by atoms with van der Waals surface area (Å²) in [6, 6.07) is 6.56. The van der Waals surface area contributed by atoms with Crippen molar-refractivity contribution in [2.75, 3.05) is 0 Å². The Bertz CT molecular complexity index is 165. The first-order valence-corrected chi connectivity index (χ1v) is 3.23. The van der Waals surface area contributed by atoms with Crippen LogP contribution in [-0.2, 0) is 18.6 Å². The van der Waals surface area contributed by atoms with Crippen LogP contribution in [0.4, 0.5) is 0 Å². The third kappa shape index (κ3) is 2.59. The smallest absolute Gasteiger partial charge is 0 e. The van der Waals surface area contributed by atoms with Crippen molar-refractivity contribution < 1.29 is 18.6 Å². The maximum absolute atomic E-state index is 2.19. The molecule has 1 heteroatoms. The molecule has 0 aliphatic heterocycles. The average molecular weight is 171 g/mol. The number of aryl methyl sites for hydroxylation is 3. The molecule has 0 atom stereocenters. The van der Waals surface area contributed by atoms with Gasteiger partial charge in [0.25, 0.3) is 0 Å². The van der Waals surface area contributed by atoms with Gasteiger partial charge in [-0.3, -0.25) is 0 Å². The van der Waals surface area contributed by atoms with Crippen molar-refractivity contribution in [2.24, 2.45) is 0 Å². The third-order valence-electron chi connectivity index (χ3n) is 1.37. The molecular weight excluding hydrogens is 159 g/mol. The first-order chi connectivity index (χ1) is 4.18. The predicted octanol–water partition coefficient (Wildman–Crippen LogP) is 2.61. The van der Waals surface area contributed by atoms with Crippen LogP contribution in [0.1, 0.15) is 16.7 Å². The minimum Gasteiger partial charge on any atom is -0.0564 e. The molecule has 1 aromatic rings. The summed E-state index contributed by atoms with van der Waals surface area (Å²) in [5.41, 5.74) is 4.06. The van der Waals surface area contributed by atoms with Gasteiger partial charge in [0.2, 0.25) is 0 Å². The zero-order chi connectivity index (χ0) is 6.85. The first kappa shape index (κ1) is 9.80. The van der Waals surface area contributed by atoms with Crippen molar-refractivity contribution in [1.82, 2.24) is 0 Å².